The van der Waals surface area contributed by atoms with Gasteiger partial charge in [-0.25, -0.2) is 4.79 Å². The number of hydrogen-bond donors (Lipinski definition) is 5. The predicted molar refractivity (Wildman–Crippen MR) is 88.3 cm³/mol. The van der Waals surface area contributed by atoms with Gasteiger partial charge < -0.3 is 43.8 Å². The first-order chi connectivity index (χ1) is 12.9. The number of hydrogen-bond acceptors (Lipinski definition) is 10. The fraction of sp³-hybridized carbons (Fsp3) is 0.353. The van der Waals surface area contributed by atoms with Crippen molar-refractivity contribution in [2.75, 3.05) is 6.61 Å². The first-order valence-electron chi connectivity index (χ1n) is 8.05. The van der Waals surface area contributed by atoms with Crippen LogP contribution in [0.2, 0.25) is 0 Å². The molecule has 3 aromatic rings. The first-order valence-corrected chi connectivity index (χ1v) is 8.05. The Kier molecular flexibility index (Phi) is 4.29. The van der Waals surface area contributed by atoms with E-state index in [0.717, 1.165) is 6.07 Å². The highest BCUT2D eigenvalue weighted by atomic mass is 16.7. The van der Waals surface area contributed by atoms with Gasteiger partial charge in [-0.15, -0.1) is 0 Å². The summed E-state index contributed by atoms with van der Waals surface area (Å²) in [4.78, 5) is 11.7. The molecule has 0 spiro atoms. The van der Waals surface area contributed by atoms with Gasteiger partial charge in [-0.2, -0.15) is 0 Å². The van der Waals surface area contributed by atoms with Gasteiger partial charge in [0.2, 0.25) is 12.0 Å². The molecule has 144 valence electrons. The minimum Gasteiger partial charge on any atom is -0.506 e. The van der Waals surface area contributed by atoms with Crippen LogP contribution in [0.3, 0.4) is 0 Å². The van der Waals surface area contributed by atoms with Crippen LogP contribution < -0.4 is 10.4 Å². The summed E-state index contributed by atoms with van der Waals surface area (Å²) in [5, 5.41) is 50.0. The quantitative estimate of drug-likeness (QED) is 0.372. The second-order valence-corrected chi connectivity index (χ2v) is 6.15. The summed E-state index contributed by atoms with van der Waals surface area (Å²) in [6.07, 6.45) is -6.30. The van der Waals surface area contributed by atoms with Crippen molar-refractivity contribution in [1.29, 1.82) is 0 Å². The highest BCUT2D eigenvalue weighted by molar-refractivity contribution is 6.06. The molecule has 1 aliphatic rings. The monoisotopic (exact) mass is 380 g/mol. The smallest absolute Gasteiger partial charge is 0.336 e. The van der Waals surface area contributed by atoms with Gasteiger partial charge in [0.1, 0.15) is 30.2 Å². The maximum Gasteiger partial charge on any atom is 0.336 e. The number of rotatable bonds is 3. The minimum absolute atomic E-state index is 0.0197. The van der Waals surface area contributed by atoms with Crippen LogP contribution in [0.4, 0.5) is 0 Å². The summed E-state index contributed by atoms with van der Waals surface area (Å²) in [7, 11) is 0. The molecular formula is C17H16O10. The third kappa shape index (κ3) is 2.74. The lowest BCUT2D eigenvalue weighted by Gasteiger charge is -2.39. The predicted octanol–water partition coefficient (Wildman–Crippen LogP) is -0.577. The number of aromatic hydroxyl groups is 1. The average molecular weight is 380 g/mol. The fourth-order valence-electron chi connectivity index (χ4n) is 3.08. The highest BCUT2D eigenvalue weighted by Crippen LogP contribution is 2.43. The number of aliphatic hydroxyl groups is 4. The minimum atomic E-state index is -1.67. The van der Waals surface area contributed by atoms with E-state index in [1.54, 1.807) is 0 Å². The lowest BCUT2D eigenvalue weighted by Crippen LogP contribution is -2.60. The summed E-state index contributed by atoms with van der Waals surface area (Å²) in [5.41, 5.74) is -0.850. The van der Waals surface area contributed by atoms with Gasteiger partial charge in [0.15, 0.2) is 11.2 Å². The Balaban J connectivity index is 1.85. The molecule has 10 nitrogen and oxygen atoms in total. The molecule has 0 radical (unpaired) electrons. The van der Waals surface area contributed by atoms with Crippen LogP contribution in [0.15, 0.2) is 38.1 Å². The molecule has 3 heterocycles. The Labute approximate surface area is 150 Å². The molecule has 0 amide bonds. The third-order valence-electron chi connectivity index (χ3n) is 4.50. The molecule has 0 bridgehead atoms. The lowest BCUT2D eigenvalue weighted by molar-refractivity contribution is -0.277. The number of phenols is 1. The zero-order valence-corrected chi connectivity index (χ0v) is 13.7. The number of phenolic OH excluding ortho intramolecular Hbond substituents is 1. The van der Waals surface area contributed by atoms with E-state index in [4.69, 9.17) is 18.3 Å². The highest BCUT2D eigenvalue weighted by Gasteiger charge is 2.45. The maximum atomic E-state index is 11.7. The van der Waals surface area contributed by atoms with Gasteiger partial charge in [-0.1, -0.05) is 0 Å². The molecule has 5 atom stereocenters. The Morgan fingerprint density at radius 3 is 2.48 bits per heavy atom. The van der Waals surface area contributed by atoms with Gasteiger partial charge in [0, 0.05) is 6.07 Å². The van der Waals surface area contributed by atoms with E-state index in [1.165, 1.54) is 18.4 Å². The summed E-state index contributed by atoms with van der Waals surface area (Å²) < 4.78 is 21.4. The van der Waals surface area contributed by atoms with Crippen molar-refractivity contribution in [1.82, 2.24) is 0 Å². The number of benzene rings is 1. The van der Waals surface area contributed by atoms with Crippen molar-refractivity contribution in [3.8, 4) is 11.5 Å². The molecule has 5 N–H and O–H groups in total. The number of ether oxygens (including phenoxy) is 2. The van der Waals surface area contributed by atoms with Gasteiger partial charge in [0.05, 0.1) is 23.6 Å². The number of fused-ring (bicyclic) bond motifs is 2. The van der Waals surface area contributed by atoms with E-state index in [9.17, 15) is 30.3 Å². The van der Waals surface area contributed by atoms with Crippen LogP contribution in [0.5, 0.6) is 11.5 Å². The van der Waals surface area contributed by atoms with Crippen molar-refractivity contribution in [2.24, 2.45) is 0 Å². The average Bonchev–Trinajstić information content (AvgIpc) is 3.15. The normalized spacial score (nSPS) is 28.7. The Morgan fingerprint density at radius 1 is 1.00 bits per heavy atom. The summed E-state index contributed by atoms with van der Waals surface area (Å²) in [6.45, 7) is -0.633. The van der Waals surface area contributed by atoms with E-state index < -0.39 is 42.9 Å². The van der Waals surface area contributed by atoms with Gasteiger partial charge in [-0.3, -0.25) is 0 Å². The van der Waals surface area contributed by atoms with E-state index in [2.05, 4.69) is 0 Å². The van der Waals surface area contributed by atoms with E-state index in [-0.39, 0.29) is 33.4 Å². The standard InChI is InChI=1S/C17H16O10/c18-5-8-11(21)12(22)13(23)17(25-8)27-16-14-7(3-4-24-14)10(20)6-1-2-9(19)26-15(6)16/h1-4,8,11-13,17-18,20-23H,5H2/t8-,11-,12+,13-,17+/m1/s1. The molecule has 0 aliphatic carbocycles. The molecule has 1 aliphatic heterocycles. The molecule has 1 aromatic carbocycles. The Morgan fingerprint density at radius 2 is 1.74 bits per heavy atom. The van der Waals surface area contributed by atoms with Crippen molar-refractivity contribution in [3.63, 3.8) is 0 Å². The van der Waals surface area contributed by atoms with Crippen LogP contribution in [-0.4, -0.2) is 62.8 Å². The second-order valence-electron chi connectivity index (χ2n) is 6.15. The molecule has 0 saturated carbocycles. The van der Waals surface area contributed by atoms with Crippen LogP contribution >= 0.6 is 0 Å². The van der Waals surface area contributed by atoms with Crippen molar-refractivity contribution in [2.45, 2.75) is 30.7 Å². The topological polar surface area (TPSA) is 163 Å². The van der Waals surface area contributed by atoms with Crippen LogP contribution in [0.25, 0.3) is 21.9 Å². The van der Waals surface area contributed by atoms with Crippen molar-refractivity contribution >= 4 is 21.9 Å². The molecule has 1 saturated heterocycles. The molecule has 1 fully saturated rings. The van der Waals surface area contributed by atoms with E-state index in [1.807, 2.05) is 0 Å². The maximum absolute atomic E-state index is 11.7. The van der Waals surface area contributed by atoms with E-state index in [0.29, 0.717) is 0 Å². The van der Waals surface area contributed by atoms with Crippen LogP contribution in [0.1, 0.15) is 0 Å². The largest absolute Gasteiger partial charge is 0.506 e. The third-order valence-corrected chi connectivity index (χ3v) is 4.50. The first kappa shape index (κ1) is 17.8. The lowest BCUT2D eigenvalue weighted by atomic mass is 9.99. The van der Waals surface area contributed by atoms with Crippen LogP contribution in [-0.2, 0) is 4.74 Å². The molecular weight excluding hydrogens is 364 g/mol. The number of aliphatic hydroxyl groups excluding tert-OH is 4. The molecule has 0 unspecified atom stereocenters. The summed E-state index contributed by atoms with van der Waals surface area (Å²) in [6, 6.07) is 3.92. The SMILES string of the molecule is O=c1ccc2c(O)c3ccoc3c(O[C@@H]3O[C@H](CO)[C@@H](O)[C@H](O)[C@H]3O)c2o1. The van der Waals surface area contributed by atoms with Crippen molar-refractivity contribution < 1.29 is 43.8 Å². The van der Waals surface area contributed by atoms with Gasteiger partial charge >= 0.3 is 5.63 Å². The van der Waals surface area contributed by atoms with Gasteiger partial charge in [-0.05, 0) is 12.1 Å². The fourth-order valence-corrected chi connectivity index (χ4v) is 3.08. The number of furan rings is 1. The zero-order valence-electron chi connectivity index (χ0n) is 13.7. The Bertz CT molecular complexity index is 1040. The van der Waals surface area contributed by atoms with E-state index >= 15 is 0 Å². The van der Waals surface area contributed by atoms with Gasteiger partial charge in [0.25, 0.3) is 0 Å². The Hall–Kier alpha value is -2.63. The molecule has 27 heavy (non-hydrogen) atoms. The molecule has 2 aromatic heterocycles. The zero-order chi connectivity index (χ0) is 19.3. The summed E-state index contributed by atoms with van der Waals surface area (Å²) in [5.74, 6) is -0.344. The summed E-state index contributed by atoms with van der Waals surface area (Å²) >= 11 is 0. The second kappa shape index (κ2) is 6.51. The molecule has 4 rings (SSSR count). The van der Waals surface area contributed by atoms with Crippen molar-refractivity contribution in [3.05, 3.63) is 34.9 Å². The van der Waals surface area contributed by atoms with Crippen LogP contribution in [0, 0.1) is 0 Å². The molecule has 10 heteroatoms.